The number of hydrogen-bond acceptors (Lipinski definition) is 3. The maximum Gasteiger partial charge on any atom is 0.249 e. The summed E-state index contributed by atoms with van der Waals surface area (Å²) in [5.41, 5.74) is 15.5. The van der Waals surface area contributed by atoms with E-state index in [4.69, 9.17) is 11.5 Å². The van der Waals surface area contributed by atoms with Gasteiger partial charge in [0.05, 0.1) is 5.69 Å². The highest BCUT2D eigenvalue weighted by atomic mass is 16.1. The second-order valence-electron chi connectivity index (χ2n) is 5.95. The van der Waals surface area contributed by atoms with Crippen LogP contribution in [0.5, 0.6) is 0 Å². The molecular weight excluding hydrogens is 314 g/mol. The second-order valence-corrected chi connectivity index (χ2v) is 5.95. The van der Waals surface area contributed by atoms with Gasteiger partial charge in [-0.15, -0.1) is 0 Å². The van der Waals surface area contributed by atoms with Crippen molar-refractivity contribution in [2.75, 3.05) is 5.73 Å². The van der Waals surface area contributed by atoms with E-state index in [1.807, 2.05) is 36.5 Å². The van der Waals surface area contributed by atoms with Crippen molar-refractivity contribution in [3.63, 3.8) is 0 Å². The predicted octanol–water partition coefficient (Wildman–Crippen LogP) is 2.76. The normalized spacial score (nSPS) is 11.0. The Hall–Kier alpha value is -3.54. The zero-order valence-corrected chi connectivity index (χ0v) is 13.4. The molecule has 0 aliphatic carbocycles. The van der Waals surface area contributed by atoms with Crippen LogP contribution < -0.4 is 11.5 Å². The molecule has 25 heavy (non-hydrogen) atoms. The first kappa shape index (κ1) is 15.0. The Labute approximate surface area is 144 Å². The fourth-order valence-corrected chi connectivity index (χ4v) is 3.06. The van der Waals surface area contributed by atoms with Gasteiger partial charge in [0, 0.05) is 35.5 Å². The van der Waals surface area contributed by atoms with E-state index in [2.05, 4.69) is 26.9 Å². The summed E-state index contributed by atoms with van der Waals surface area (Å²) in [5, 5.41) is 8.02. The highest BCUT2D eigenvalue weighted by Gasteiger charge is 2.10. The molecule has 2 heterocycles. The number of benzene rings is 2. The first-order valence-electron chi connectivity index (χ1n) is 7.90. The number of H-pyrrole nitrogens is 1. The zero-order valence-electron chi connectivity index (χ0n) is 13.4. The summed E-state index contributed by atoms with van der Waals surface area (Å²) in [4.78, 5) is 11.6. The van der Waals surface area contributed by atoms with E-state index >= 15 is 0 Å². The standard InChI is InChI=1S/C19H17N5O/c20-18-10-16(22-23-18)13-6-5-12-7-8-24(17(12)9-13)11-14-3-1-2-4-15(14)19(21)25/h1-10H,11H2,(H2,21,25)(H3,20,22,23). The number of carbonyl (C=O) groups is 1. The largest absolute Gasteiger partial charge is 0.382 e. The van der Waals surface area contributed by atoms with Crippen molar-refractivity contribution in [1.29, 1.82) is 0 Å². The molecule has 6 nitrogen and oxygen atoms in total. The molecule has 1 amide bonds. The molecule has 4 aromatic rings. The summed E-state index contributed by atoms with van der Waals surface area (Å²) in [6.07, 6.45) is 2.01. The Morgan fingerprint density at radius 2 is 1.96 bits per heavy atom. The molecule has 0 spiro atoms. The van der Waals surface area contributed by atoms with Gasteiger partial charge in [0.15, 0.2) is 0 Å². The van der Waals surface area contributed by atoms with Crippen molar-refractivity contribution in [3.8, 4) is 11.3 Å². The molecule has 2 aromatic carbocycles. The summed E-state index contributed by atoms with van der Waals surface area (Å²) in [6, 6.07) is 17.4. The first-order chi connectivity index (χ1) is 12.1. The summed E-state index contributed by atoms with van der Waals surface area (Å²) < 4.78 is 2.10. The van der Waals surface area contributed by atoms with Gasteiger partial charge >= 0.3 is 0 Å². The van der Waals surface area contributed by atoms with Gasteiger partial charge in [-0.2, -0.15) is 5.10 Å². The average Bonchev–Trinajstić information content (AvgIpc) is 3.21. The van der Waals surface area contributed by atoms with Crippen LogP contribution in [-0.2, 0) is 6.54 Å². The fraction of sp³-hybridized carbons (Fsp3) is 0.0526. The highest BCUT2D eigenvalue weighted by molar-refractivity contribution is 5.94. The van der Waals surface area contributed by atoms with Crippen molar-refractivity contribution in [2.45, 2.75) is 6.54 Å². The third-order valence-electron chi connectivity index (χ3n) is 4.31. The molecule has 0 unspecified atom stereocenters. The molecule has 0 saturated carbocycles. The Morgan fingerprint density at radius 3 is 2.72 bits per heavy atom. The lowest BCUT2D eigenvalue weighted by atomic mass is 10.1. The molecule has 0 atom stereocenters. The molecule has 6 heteroatoms. The number of fused-ring (bicyclic) bond motifs is 1. The van der Waals surface area contributed by atoms with Gasteiger partial charge in [-0.1, -0.05) is 30.3 Å². The fourth-order valence-electron chi connectivity index (χ4n) is 3.06. The van der Waals surface area contributed by atoms with Crippen molar-refractivity contribution < 1.29 is 4.79 Å². The van der Waals surface area contributed by atoms with Crippen LogP contribution in [0.3, 0.4) is 0 Å². The summed E-state index contributed by atoms with van der Waals surface area (Å²) >= 11 is 0. The Balaban J connectivity index is 1.77. The summed E-state index contributed by atoms with van der Waals surface area (Å²) in [5.74, 6) is 0.0431. The van der Waals surface area contributed by atoms with Crippen LogP contribution in [0.25, 0.3) is 22.2 Å². The first-order valence-corrected chi connectivity index (χ1v) is 7.90. The molecule has 0 bridgehead atoms. The van der Waals surface area contributed by atoms with Crippen LogP contribution >= 0.6 is 0 Å². The van der Waals surface area contributed by atoms with Crippen LogP contribution in [0.4, 0.5) is 5.82 Å². The van der Waals surface area contributed by atoms with Crippen LogP contribution in [-0.4, -0.2) is 20.7 Å². The maximum atomic E-state index is 11.6. The molecule has 0 saturated heterocycles. The molecule has 0 radical (unpaired) electrons. The van der Waals surface area contributed by atoms with E-state index in [-0.39, 0.29) is 0 Å². The minimum Gasteiger partial charge on any atom is -0.382 e. The third-order valence-corrected chi connectivity index (χ3v) is 4.31. The number of nitrogens with zero attached hydrogens (tertiary/aromatic N) is 2. The molecule has 4 rings (SSSR count). The molecule has 2 aromatic heterocycles. The van der Waals surface area contributed by atoms with Gasteiger partial charge < -0.3 is 16.0 Å². The van der Waals surface area contributed by atoms with Crippen LogP contribution in [0.2, 0.25) is 0 Å². The Morgan fingerprint density at radius 1 is 1.12 bits per heavy atom. The van der Waals surface area contributed by atoms with E-state index in [0.29, 0.717) is 17.9 Å². The number of nitrogens with two attached hydrogens (primary N) is 2. The number of carbonyl (C=O) groups excluding carboxylic acids is 1. The maximum absolute atomic E-state index is 11.6. The molecular formula is C19H17N5O. The number of aromatic amines is 1. The number of nitrogens with one attached hydrogen (secondary N) is 1. The van der Waals surface area contributed by atoms with Gasteiger partial charge in [-0.3, -0.25) is 9.89 Å². The van der Waals surface area contributed by atoms with E-state index in [9.17, 15) is 4.79 Å². The average molecular weight is 331 g/mol. The van der Waals surface area contributed by atoms with Crippen molar-refractivity contribution >= 4 is 22.6 Å². The zero-order chi connectivity index (χ0) is 17.4. The van der Waals surface area contributed by atoms with Gasteiger partial charge in [0.2, 0.25) is 5.91 Å². The Bertz CT molecular complexity index is 1080. The van der Waals surface area contributed by atoms with Crippen LogP contribution in [0.1, 0.15) is 15.9 Å². The number of anilines is 1. The molecule has 5 N–H and O–H groups in total. The SMILES string of the molecule is NC(=O)c1ccccc1Cn1ccc2ccc(-c3cc(N)n[nH]3)cc21. The lowest BCUT2D eigenvalue weighted by Crippen LogP contribution is -2.14. The summed E-state index contributed by atoms with van der Waals surface area (Å²) in [7, 11) is 0. The minimum atomic E-state index is -0.416. The van der Waals surface area contributed by atoms with Gasteiger partial charge in [0.1, 0.15) is 5.82 Å². The third kappa shape index (κ3) is 2.74. The smallest absolute Gasteiger partial charge is 0.249 e. The van der Waals surface area contributed by atoms with E-state index < -0.39 is 5.91 Å². The molecule has 0 aliphatic rings. The monoisotopic (exact) mass is 331 g/mol. The number of primary amides is 1. The van der Waals surface area contributed by atoms with Crippen molar-refractivity contribution in [3.05, 3.63) is 71.9 Å². The molecule has 0 fully saturated rings. The number of aromatic nitrogens is 3. The Kier molecular flexibility index (Phi) is 3.50. The second kappa shape index (κ2) is 5.83. The molecule has 0 aliphatic heterocycles. The lowest BCUT2D eigenvalue weighted by molar-refractivity contribution is 0.0999. The molecule has 124 valence electrons. The van der Waals surface area contributed by atoms with Gasteiger partial charge in [-0.25, -0.2) is 0 Å². The number of amides is 1. The van der Waals surface area contributed by atoms with Crippen molar-refractivity contribution in [2.24, 2.45) is 5.73 Å². The van der Waals surface area contributed by atoms with E-state index in [0.717, 1.165) is 27.7 Å². The highest BCUT2D eigenvalue weighted by Crippen LogP contribution is 2.25. The van der Waals surface area contributed by atoms with Crippen LogP contribution in [0.15, 0.2) is 60.8 Å². The quantitative estimate of drug-likeness (QED) is 0.535. The predicted molar refractivity (Wildman–Crippen MR) is 98.0 cm³/mol. The van der Waals surface area contributed by atoms with E-state index in [1.165, 1.54) is 0 Å². The number of nitrogen functional groups attached to an aromatic ring is 1. The number of hydrogen-bond donors (Lipinski definition) is 3. The minimum absolute atomic E-state index is 0.416. The van der Waals surface area contributed by atoms with E-state index in [1.54, 1.807) is 12.1 Å². The topological polar surface area (TPSA) is 103 Å². The van der Waals surface area contributed by atoms with Gasteiger partial charge in [-0.05, 0) is 29.1 Å². The van der Waals surface area contributed by atoms with Gasteiger partial charge in [0.25, 0.3) is 0 Å². The summed E-state index contributed by atoms with van der Waals surface area (Å²) in [6.45, 7) is 0.567. The van der Waals surface area contributed by atoms with Crippen molar-refractivity contribution in [1.82, 2.24) is 14.8 Å². The lowest BCUT2D eigenvalue weighted by Gasteiger charge is -2.10. The van der Waals surface area contributed by atoms with Crippen LogP contribution in [0, 0.1) is 0 Å². The number of rotatable bonds is 4.